The number of carbonyl (C=O) groups is 2. The Kier molecular flexibility index (Phi) is 7.86. The highest BCUT2D eigenvalue weighted by atomic mass is 32.1. The number of carbonyl (C=O) groups excluding carboxylic acids is 2. The van der Waals surface area contributed by atoms with E-state index >= 15 is 0 Å². The average Bonchev–Trinajstić information content (AvgIpc) is 3.11. The topological polar surface area (TPSA) is 78.4 Å². The van der Waals surface area contributed by atoms with Gasteiger partial charge in [-0.05, 0) is 51.3 Å². The van der Waals surface area contributed by atoms with Crippen LogP contribution in [-0.2, 0) is 17.9 Å². The van der Waals surface area contributed by atoms with Crippen molar-refractivity contribution in [2.75, 3.05) is 26.2 Å². The van der Waals surface area contributed by atoms with Crippen molar-refractivity contribution >= 4 is 23.2 Å². The fraction of sp³-hybridized carbons (Fsp3) is 0.583. The first-order valence-corrected chi connectivity index (χ1v) is 12.6. The van der Waals surface area contributed by atoms with Gasteiger partial charge in [-0.25, -0.2) is 0 Å². The fourth-order valence-electron chi connectivity index (χ4n) is 4.45. The molecule has 0 unspecified atom stereocenters. The number of aryl methyl sites for hydroxylation is 1. The van der Waals surface area contributed by atoms with Gasteiger partial charge in [0.15, 0.2) is 0 Å². The number of rotatable bonds is 6. The normalized spacial score (nSPS) is 18.3. The second-order valence-electron chi connectivity index (χ2n) is 8.96. The third kappa shape index (κ3) is 6.13. The molecule has 0 saturated carbocycles. The maximum Gasteiger partial charge on any atom is 0.282 e. The summed E-state index contributed by atoms with van der Waals surface area (Å²) >= 11 is 1.35. The lowest BCUT2D eigenvalue weighted by Gasteiger charge is -2.33. The summed E-state index contributed by atoms with van der Waals surface area (Å²) in [5.41, 5.74) is 2.26. The molecule has 7 nitrogen and oxygen atoms in total. The Bertz CT molecular complexity index is 897. The molecule has 2 saturated heterocycles. The lowest BCUT2D eigenvalue weighted by Crippen LogP contribution is -2.42. The minimum Gasteiger partial charge on any atom is -0.346 e. The van der Waals surface area contributed by atoms with E-state index in [-0.39, 0.29) is 11.8 Å². The molecular formula is C24H33N5O2S. The Balaban J connectivity index is 1.22. The highest BCUT2D eigenvalue weighted by Gasteiger charge is 2.29. The van der Waals surface area contributed by atoms with Gasteiger partial charge in [-0.3, -0.25) is 14.5 Å². The first-order chi connectivity index (χ1) is 15.6. The van der Waals surface area contributed by atoms with Gasteiger partial charge in [0.1, 0.15) is 5.01 Å². The van der Waals surface area contributed by atoms with E-state index < -0.39 is 0 Å². The van der Waals surface area contributed by atoms with E-state index in [1.54, 1.807) is 0 Å². The van der Waals surface area contributed by atoms with E-state index in [1.165, 1.54) is 29.7 Å². The molecule has 8 heteroatoms. The van der Waals surface area contributed by atoms with Crippen molar-refractivity contribution < 1.29 is 9.59 Å². The summed E-state index contributed by atoms with van der Waals surface area (Å²) in [5, 5.41) is 12.5. The summed E-state index contributed by atoms with van der Waals surface area (Å²) in [7, 11) is 0. The summed E-state index contributed by atoms with van der Waals surface area (Å²) in [6.07, 6.45) is 6.58. The predicted octanol–water partition coefficient (Wildman–Crippen LogP) is 3.39. The first kappa shape index (κ1) is 22.9. The Hall–Kier alpha value is -2.32. The van der Waals surface area contributed by atoms with E-state index in [4.69, 9.17) is 0 Å². The van der Waals surface area contributed by atoms with Crippen molar-refractivity contribution in [3.63, 3.8) is 0 Å². The number of piperidine rings is 1. The molecule has 2 amide bonds. The van der Waals surface area contributed by atoms with Gasteiger partial charge in [0.25, 0.3) is 5.91 Å². The molecule has 2 aliphatic heterocycles. The van der Waals surface area contributed by atoms with Crippen LogP contribution in [0.5, 0.6) is 0 Å². The number of likely N-dealkylation sites (tertiary alicyclic amines) is 2. The van der Waals surface area contributed by atoms with Crippen molar-refractivity contribution in [2.24, 2.45) is 5.92 Å². The van der Waals surface area contributed by atoms with Gasteiger partial charge >= 0.3 is 0 Å². The van der Waals surface area contributed by atoms with Crippen LogP contribution in [0.15, 0.2) is 24.3 Å². The molecule has 0 spiro atoms. The van der Waals surface area contributed by atoms with Crippen LogP contribution in [-0.4, -0.2) is 58.0 Å². The molecule has 4 rings (SSSR count). The van der Waals surface area contributed by atoms with E-state index in [0.29, 0.717) is 24.0 Å². The molecule has 1 aromatic carbocycles. The predicted molar refractivity (Wildman–Crippen MR) is 125 cm³/mol. The molecule has 3 heterocycles. The molecule has 0 bridgehead atoms. The molecular weight excluding hydrogens is 422 g/mol. The van der Waals surface area contributed by atoms with Crippen LogP contribution in [0.4, 0.5) is 0 Å². The van der Waals surface area contributed by atoms with Gasteiger partial charge in [0, 0.05) is 25.6 Å². The molecule has 2 fully saturated rings. The zero-order chi connectivity index (χ0) is 22.3. The first-order valence-electron chi connectivity index (χ1n) is 11.8. The third-order valence-corrected chi connectivity index (χ3v) is 7.35. The van der Waals surface area contributed by atoms with Crippen LogP contribution in [0.25, 0.3) is 0 Å². The summed E-state index contributed by atoms with van der Waals surface area (Å²) in [6, 6.07) is 8.11. The molecule has 32 heavy (non-hydrogen) atoms. The van der Waals surface area contributed by atoms with Crippen LogP contribution >= 0.6 is 11.3 Å². The summed E-state index contributed by atoms with van der Waals surface area (Å²) in [4.78, 5) is 29.7. The van der Waals surface area contributed by atoms with E-state index in [2.05, 4.69) is 25.3 Å². The maximum atomic E-state index is 12.9. The van der Waals surface area contributed by atoms with Gasteiger partial charge in [-0.15, -0.1) is 10.2 Å². The van der Waals surface area contributed by atoms with Crippen molar-refractivity contribution in [3.05, 3.63) is 45.4 Å². The highest BCUT2D eigenvalue weighted by molar-refractivity contribution is 7.13. The van der Waals surface area contributed by atoms with Gasteiger partial charge < -0.3 is 10.2 Å². The number of nitrogens with zero attached hydrogens (tertiary/aromatic N) is 4. The summed E-state index contributed by atoms with van der Waals surface area (Å²) in [5.74, 6) is 0.327. The van der Waals surface area contributed by atoms with Crippen LogP contribution in [0.3, 0.4) is 0 Å². The monoisotopic (exact) mass is 455 g/mol. The minimum atomic E-state index is -0.184. The Morgan fingerprint density at radius 2 is 1.69 bits per heavy atom. The maximum absolute atomic E-state index is 12.9. The number of aromatic nitrogens is 2. The van der Waals surface area contributed by atoms with Gasteiger partial charge in [0.2, 0.25) is 10.9 Å². The Labute approximate surface area is 194 Å². The Morgan fingerprint density at radius 1 is 1.00 bits per heavy atom. The van der Waals surface area contributed by atoms with Gasteiger partial charge in [0.05, 0.1) is 6.54 Å². The van der Waals surface area contributed by atoms with Gasteiger partial charge in [-0.1, -0.05) is 54.0 Å². The van der Waals surface area contributed by atoms with E-state index in [9.17, 15) is 9.59 Å². The second-order valence-corrected chi connectivity index (χ2v) is 10.0. The van der Waals surface area contributed by atoms with E-state index in [1.807, 2.05) is 31.2 Å². The van der Waals surface area contributed by atoms with Crippen LogP contribution in [0.1, 0.15) is 64.5 Å². The van der Waals surface area contributed by atoms with Crippen molar-refractivity contribution in [3.8, 4) is 0 Å². The third-order valence-electron chi connectivity index (χ3n) is 6.45. The molecule has 0 atom stereocenters. The van der Waals surface area contributed by atoms with Crippen LogP contribution < -0.4 is 5.32 Å². The lowest BCUT2D eigenvalue weighted by molar-refractivity contribution is -0.137. The van der Waals surface area contributed by atoms with Crippen LogP contribution in [0, 0.1) is 12.8 Å². The molecule has 1 aromatic heterocycles. The zero-order valence-electron chi connectivity index (χ0n) is 18.9. The van der Waals surface area contributed by atoms with E-state index in [0.717, 1.165) is 62.4 Å². The molecule has 0 aliphatic carbocycles. The SMILES string of the molecule is Cc1ccc(CNC(=O)c2nnc(CN3CCC(C(=O)N4CCCCCC4)CC3)s2)cc1. The average molecular weight is 456 g/mol. The molecule has 1 N–H and O–H groups in total. The molecule has 172 valence electrons. The standard InChI is InChI=1S/C24H33N5O2S/c1-18-6-8-19(9-7-18)16-25-22(30)23-27-26-21(32-23)17-28-14-10-20(11-15-28)24(31)29-12-4-2-3-5-13-29/h6-9,20H,2-5,10-17H2,1H3,(H,25,30). The summed E-state index contributed by atoms with van der Waals surface area (Å²) in [6.45, 7) is 6.84. The van der Waals surface area contributed by atoms with Crippen LogP contribution in [0.2, 0.25) is 0 Å². The molecule has 2 aliphatic rings. The number of hydrogen-bond acceptors (Lipinski definition) is 6. The van der Waals surface area contributed by atoms with Gasteiger partial charge in [-0.2, -0.15) is 0 Å². The molecule has 2 aromatic rings. The fourth-order valence-corrected chi connectivity index (χ4v) is 5.25. The number of hydrogen-bond donors (Lipinski definition) is 1. The highest BCUT2D eigenvalue weighted by Crippen LogP contribution is 2.23. The number of benzene rings is 1. The largest absolute Gasteiger partial charge is 0.346 e. The second kappa shape index (κ2) is 11.0. The Morgan fingerprint density at radius 3 is 2.38 bits per heavy atom. The minimum absolute atomic E-state index is 0.155. The van der Waals surface area contributed by atoms with Crippen molar-refractivity contribution in [1.82, 2.24) is 25.3 Å². The summed E-state index contributed by atoms with van der Waals surface area (Å²) < 4.78 is 0. The van der Waals surface area contributed by atoms with Crippen molar-refractivity contribution in [1.29, 1.82) is 0 Å². The number of amides is 2. The number of nitrogens with one attached hydrogen (secondary N) is 1. The zero-order valence-corrected chi connectivity index (χ0v) is 19.7. The smallest absolute Gasteiger partial charge is 0.282 e. The quantitative estimate of drug-likeness (QED) is 0.722. The van der Waals surface area contributed by atoms with Crippen molar-refractivity contribution in [2.45, 2.75) is 58.5 Å². The lowest BCUT2D eigenvalue weighted by atomic mass is 9.95. The molecule has 0 radical (unpaired) electrons.